The molecule has 0 spiro atoms. The van der Waals surface area contributed by atoms with E-state index in [9.17, 15) is 13.2 Å². The zero-order valence-corrected chi connectivity index (χ0v) is 20.8. The summed E-state index contributed by atoms with van der Waals surface area (Å²) in [6, 6.07) is 7.65. The maximum atomic E-state index is 13.0. The van der Waals surface area contributed by atoms with Crippen LogP contribution in [0.15, 0.2) is 59.9 Å². The van der Waals surface area contributed by atoms with Gasteiger partial charge in [0, 0.05) is 30.6 Å². The molecule has 37 heavy (non-hydrogen) atoms. The zero-order chi connectivity index (χ0) is 26.0. The molecular formula is C23H21N7O5S2. The molecule has 4 N–H and O–H groups in total. The number of nitrogens with one attached hydrogen (secondary N) is 1. The first-order valence-electron chi connectivity index (χ1n) is 11.0. The molecule has 1 fully saturated rings. The van der Waals surface area contributed by atoms with Gasteiger partial charge < -0.3 is 20.5 Å². The summed E-state index contributed by atoms with van der Waals surface area (Å²) >= 11 is 1.21. The van der Waals surface area contributed by atoms with Gasteiger partial charge in [0.25, 0.3) is 10.0 Å². The summed E-state index contributed by atoms with van der Waals surface area (Å²) in [5.41, 5.74) is 7.42. The highest BCUT2D eigenvalue weighted by Gasteiger charge is 2.25. The Morgan fingerprint density at radius 1 is 1.22 bits per heavy atom. The lowest BCUT2D eigenvalue weighted by atomic mass is 10.1. The van der Waals surface area contributed by atoms with Crippen LogP contribution in [0.3, 0.4) is 0 Å². The molecular weight excluding hydrogens is 518 g/mol. The minimum absolute atomic E-state index is 0.00951. The Morgan fingerprint density at radius 3 is 2.81 bits per heavy atom. The molecule has 1 aromatic carbocycles. The molecule has 4 heterocycles. The van der Waals surface area contributed by atoms with E-state index in [1.165, 1.54) is 29.5 Å². The van der Waals surface area contributed by atoms with E-state index in [2.05, 4.69) is 24.7 Å². The monoisotopic (exact) mass is 539 g/mol. The van der Waals surface area contributed by atoms with Gasteiger partial charge in [-0.15, -0.1) is 11.3 Å². The average Bonchev–Trinajstić information content (AvgIpc) is 3.29. The van der Waals surface area contributed by atoms with Crippen molar-refractivity contribution in [2.24, 2.45) is 0 Å². The van der Waals surface area contributed by atoms with Crippen molar-refractivity contribution in [1.82, 2.24) is 19.9 Å². The molecule has 0 bridgehead atoms. The van der Waals surface area contributed by atoms with Crippen LogP contribution >= 0.6 is 11.3 Å². The summed E-state index contributed by atoms with van der Waals surface area (Å²) < 4.78 is 35.1. The molecule has 0 amide bonds. The Labute approximate surface area is 215 Å². The number of fused-ring (bicyclic) bond motifs is 1. The molecule has 1 aliphatic rings. The fourth-order valence-corrected chi connectivity index (χ4v) is 5.93. The fraction of sp³-hybridized carbons (Fsp3) is 0.174. The van der Waals surface area contributed by atoms with Crippen molar-refractivity contribution >= 4 is 60.5 Å². The van der Waals surface area contributed by atoms with Crippen LogP contribution in [0.25, 0.3) is 16.3 Å². The van der Waals surface area contributed by atoms with Crippen molar-refractivity contribution in [1.29, 1.82) is 0 Å². The standard InChI is InChI=1S/C23H21N7O5S2/c24-22-25-10-15(11-26-22)18-13-30(6-7-35-18)23-27-12-19-17(28-23)9-20(36-19)29-37(33,34)16-3-1-2-14(8-16)4-5-21(31)32/h1-5,8-12,18,29H,6-7,13H2,(H,31,32)(H2,24,25,26). The van der Waals surface area contributed by atoms with Gasteiger partial charge in [-0.3, -0.25) is 4.72 Å². The number of ether oxygens (including phenoxy) is 1. The topological polar surface area (TPSA) is 174 Å². The molecule has 4 aromatic rings. The summed E-state index contributed by atoms with van der Waals surface area (Å²) in [4.78, 5) is 29.9. The van der Waals surface area contributed by atoms with Gasteiger partial charge in [-0.1, -0.05) is 12.1 Å². The summed E-state index contributed by atoms with van der Waals surface area (Å²) in [5.74, 6) is -0.428. The van der Waals surface area contributed by atoms with Crippen molar-refractivity contribution in [2.75, 3.05) is 35.1 Å². The van der Waals surface area contributed by atoms with E-state index in [0.29, 0.717) is 41.7 Å². The van der Waals surface area contributed by atoms with E-state index in [4.69, 9.17) is 15.6 Å². The molecule has 0 saturated carbocycles. The third kappa shape index (κ3) is 5.66. The maximum Gasteiger partial charge on any atom is 0.328 e. The number of morpholine rings is 1. The van der Waals surface area contributed by atoms with E-state index >= 15 is 0 Å². The van der Waals surface area contributed by atoms with Gasteiger partial charge in [0.1, 0.15) is 11.1 Å². The molecule has 1 aliphatic heterocycles. The van der Waals surface area contributed by atoms with Crippen LogP contribution < -0.4 is 15.4 Å². The molecule has 14 heteroatoms. The Hall–Kier alpha value is -4.14. The highest BCUT2D eigenvalue weighted by Crippen LogP contribution is 2.32. The summed E-state index contributed by atoms with van der Waals surface area (Å²) in [6.45, 7) is 1.55. The predicted molar refractivity (Wildman–Crippen MR) is 139 cm³/mol. The molecule has 0 aliphatic carbocycles. The Balaban J connectivity index is 1.34. The number of nitrogen functional groups attached to an aromatic ring is 1. The molecule has 1 saturated heterocycles. The van der Waals surface area contributed by atoms with Crippen LogP contribution in [-0.4, -0.2) is 59.1 Å². The van der Waals surface area contributed by atoms with Gasteiger partial charge in [0.15, 0.2) is 0 Å². The van der Waals surface area contributed by atoms with Gasteiger partial charge in [-0.05, 0) is 29.8 Å². The molecule has 0 radical (unpaired) electrons. The van der Waals surface area contributed by atoms with Gasteiger partial charge in [-0.25, -0.2) is 33.1 Å². The highest BCUT2D eigenvalue weighted by molar-refractivity contribution is 7.93. The molecule has 190 valence electrons. The van der Waals surface area contributed by atoms with Crippen LogP contribution in [0.1, 0.15) is 17.2 Å². The predicted octanol–water partition coefficient (Wildman–Crippen LogP) is 2.54. The first-order valence-corrected chi connectivity index (χ1v) is 13.3. The van der Waals surface area contributed by atoms with Crippen LogP contribution in [0, 0.1) is 0 Å². The number of anilines is 3. The number of hydrogen-bond acceptors (Lipinski definition) is 11. The number of hydrogen-bond donors (Lipinski definition) is 3. The van der Waals surface area contributed by atoms with Crippen molar-refractivity contribution in [3.8, 4) is 0 Å². The number of thiophene rings is 1. The second-order valence-corrected chi connectivity index (χ2v) is 10.8. The van der Waals surface area contributed by atoms with Crippen molar-refractivity contribution in [3.05, 3.63) is 66.1 Å². The number of aromatic nitrogens is 4. The SMILES string of the molecule is Nc1ncc(C2CN(c3ncc4sc(NS(=O)(=O)c5cccc(C=CC(=O)O)c5)cc4n3)CCO2)cn1. The molecule has 5 rings (SSSR count). The Morgan fingerprint density at radius 2 is 2.03 bits per heavy atom. The number of rotatable bonds is 7. The van der Waals surface area contributed by atoms with E-state index in [1.807, 2.05) is 4.90 Å². The molecule has 1 unspecified atom stereocenters. The van der Waals surface area contributed by atoms with Crippen LogP contribution in [-0.2, 0) is 19.6 Å². The van der Waals surface area contributed by atoms with E-state index in [0.717, 1.165) is 16.3 Å². The Kier molecular flexibility index (Phi) is 6.69. The lowest BCUT2D eigenvalue weighted by molar-refractivity contribution is -0.131. The van der Waals surface area contributed by atoms with Crippen molar-refractivity contribution < 1.29 is 23.1 Å². The lowest BCUT2D eigenvalue weighted by Gasteiger charge is -2.32. The third-order valence-corrected chi connectivity index (χ3v) is 7.96. The zero-order valence-electron chi connectivity index (χ0n) is 19.2. The van der Waals surface area contributed by atoms with Gasteiger partial charge >= 0.3 is 5.97 Å². The van der Waals surface area contributed by atoms with Gasteiger partial charge in [-0.2, -0.15) is 0 Å². The smallest absolute Gasteiger partial charge is 0.328 e. The quantitative estimate of drug-likeness (QED) is 0.294. The fourth-order valence-electron chi connectivity index (χ4n) is 3.72. The highest BCUT2D eigenvalue weighted by atomic mass is 32.2. The van der Waals surface area contributed by atoms with Crippen molar-refractivity contribution in [2.45, 2.75) is 11.0 Å². The summed E-state index contributed by atoms with van der Waals surface area (Å²) in [5, 5.41) is 9.18. The van der Waals surface area contributed by atoms with E-state index in [-0.39, 0.29) is 16.9 Å². The number of sulfonamides is 1. The minimum atomic E-state index is -3.91. The number of nitrogens with zero attached hydrogens (tertiary/aromatic N) is 5. The number of nitrogens with two attached hydrogens (primary N) is 1. The normalized spacial score (nSPS) is 16.3. The first kappa shape index (κ1) is 24.5. The van der Waals surface area contributed by atoms with Crippen LogP contribution in [0.5, 0.6) is 0 Å². The largest absolute Gasteiger partial charge is 0.478 e. The average molecular weight is 540 g/mol. The maximum absolute atomic E-state index is 13.0. The Bertz CT molecular complexity index is 1590. The van der Waals surface area contributed by atoms with Crippen LogP contribution in [0.4, 0.5) is 16.9 Å². The minimum Gasteiger partial charge on any atom is -0.478 e. The second kappa shape index (κ2) is 10.1. The van der Waals surface area contributed by atoms with Crippen molar-refractivity contribution in [3.63, 3.8) is 0 Å². The number of carboxylic acids is 1. The van der Waals surface area contributed by atoms with Crippen LogP contribution in [0.2, 0.25) is 0 Å². The number of aliphatic carboxylic acids is 1. The molecule has 1 atom stereocenters. The first-order chi connectivity index (χ1) is 17.8. The second-order valence-electron chi connectivity index (χ2n) is 8.06. The molecule has 3 aromatic heterocycles. The lowest BCUT2D eigenvalue weighted by Crippen LogP contribution is -2.39. The van der Waals surface area contributed by atoms with Gasteiger partial charge in [0.05, 0.1) is 34.5 Å². The number of carbonyl (C=O) groups is 1. The number of carboxylic acid groups (broad SMARTS) is 1. The van der Waals surface area contributed by atoms with Gasteiger partial charge in [0.2, 0.25) is 11.9 Å². The molecule has 12 nitrogen and oxygen atoms in total. The number of benzene rings is 1. The van der Waals surface area contributed by atoms with E-state index in [1.54, 1.807) is 36.8 Å². The third-order valence-electron chi connectivity index (χ3n) is 5.49. The summed E-state index contributed by atoms with van der Waals surface area (Å²) in [7, 11) is -3.91. The summed E-state index contributed by atoms with van der Waals surface area (Å²) in [6.07, 6.45) is 6.94. The van der Waals surface area contributed by atoms with E-state index < -0.39 is 16.0 Å².